The maximum absolute atomic E-state index is 11.9. The van der Waals surface area contributed by atoms with Crippen molar-refractivity contribution in [2.24, 2.45) is 0 Å². The lowest BCUT2D eigenvalue weighted by Gasteiger charge is -2.14. The van der Waals surface area contributed by atoms with E-state index in [1.165, 1.54) is 20.0 Å². The summed E-state index contributed by atoms with van der Waals surface area (Å²) in [5.41, 5.74) is 0. The Labute approximate surface area is 116 Å². The van der Waals surface area contributed by atoms with E-state index in [1.54, 1.807) is 12.1 Å². The van der Waals surface area contributed by atoms with Gasteiger partial charge < -0.3 is 15.0 Å². The van der Waals surface area contributed by atoms with Gasteiger partial charge in [-0.3, -0.25) is 4.79 Å². The second kappa shape index (κ2) is 6.68. The Morgan fingerprint density at radius 1 is 1.32 bits per heavy atom. The number of hydrogen-bond acceptors (Lipinski definition) is 5. The van der Waals surface area contributed by atoms with Gasteiger partial charge >= 0.3 is 5.97 Å². The molecule has 0 aliphatic carbocycles. The first-order chi connectivity index (χ1) is 9.20. The molecule has 0 radical (unpaired) electrons. The highest BCUT2D eigenvalue weighted by Crippen LogP contribution is 2.17. The number of amides is 1. The first-order valence-corrected chi connectivity index (χ1v) is 7.21. The van der Waals surface area contributed by atoms with Crippen LogP contribution in [0.15, 0.2) is 12.1 Å². The van der Waals surface area contributed by atoms with Crippen LogP contribution in [0.5, 0.6) is 0 Å². The zero-order valence-electron chi connectivity index (χ0n) is 11.0. The third-order valence-corrected chi connectivity index (χ3v) is 4.19. The van der Waals surface area contributed by atoms with E-state index in [0.717, 1.165) is 31.0 Å². The van der Waals surface area contributed by atoms with E-state index in [-0.39, 0.29) is 5.91 Å². The number of esters is 1. The van der Waals surface area contributed by atoms with Crippen LogP contribution < -0.4 is 5.32 Å². The molecule has 0 atom stereocenters. The molecular weight excluding hydrogens is 264 g/mol. The third-order valence-electron chi connectivity index (χ3n) is 3.13. The monoisotopic (exact) mass is 282 g/mol. The van der Waals surface area contributed by atoms with Crippen LogP contribution in [0.2, 0.25) is 0 Å². The van der Waals surface area contributed by atoms with Crippen molar-refractivity contribution in [2.75, 3.05) is 33.3 Å². The van der Waals surface area contributed by atoms with E-state index in [2.05, 4.69) is 15.0 Å². The largest absolute Gasteiger partial charge is 0.465 e. The quantitative estimate of drug-likeness (QED) is 0.829. The van der Waals surface area contributed by atoms with Crippen LogP contribution in [0.4, 0.5) is 0 Å². The minimum absolute atomic E-state index is 0.126. The lowest BCUT2D eigenvalue weighted by atomic mass is 10.4. The van der Waals surface area contributed by atoms with E-state index in [1.807, 2.05) is 0 Å². The predicted molar refractivity (Wildman–Crippen MR) is 73.7 cm³/mol. The second-order valence-corrected chi connectivity index (χ2v) is 5.54. The minimum atomic E-state index is -0.402. The number of rotatable bonds is 5. The summed E-state index contributed by atoms with van der Waals surface area (Å²) < 4.78 is 4.61. The number of nitrogens with zero attached hydrogens (tertiary/aromatic N) is 1. The van der Waals surface area contributed by atoms with Gasteiger partial charge in [0.25, 0.3) is 5.91 Å². The fraction of sp³-hybridized carbons (Fsp3) is 0.538. The normalized spacial score (nSPS) is 15.4. The smallest absolute Gasteiger partial charge is 0.348 e. The fourth-order valence-electron chi connectivity index (χ4n) is 2.09. The maximum atomic E-state index is 11.9. The van der Waals surface area contributed by atoms with Crippen molar-refractivity contribution in [3.8, 4) is 0 Å². The Kier molecular flexibility index (Phi) is 4.93. The Hall–Kier alpha value is -1.40. The minimum Gasteiger partial charge on any atom is -0.465 e. The lowest BCUT2D eigenvalue weighted by molar-refractivity contribution is 0.0606. The number of thiophene rings is 1. The molecule has 1 aliphatic rings. The van der Waals surface area contributed by atoms with E-state index in [4.69, 9.17) is 0 Å². The topological polar surface area (TPSA) is 58.6 Å². The molecule has 0 bridgehead atoms. The Bertz CT molecular complexity index is 452. The van der Waals surface area contributed by atoms with Crippen molar-refractivity contribution < 1.29 is 14.3 Å². The van der Waals surface area contributed by atoms with Crippen LogP contribution in [-0.4, -0.2) is 50.1 Å². The molecule has 0 unspecified atom stereocenters. The molecule has 19 heavy (non-hydrogen) atoms. The lowest BCUT2D eigenvalue weighted by Crippen LogP contribution is -2.33. The Morgan fingerprint density at radius 2 is 2.00 bits per heavy atom. The van der Waals surface area contributed by atoms with Gasteiger partial charge in [-0.05, 0) is 38.1 Å². The van der Waals surface area contributed by atoms with Crippen molar-refractivity contribution >= 4 is 23.2 Å². The molecule has 1 saturated heterocycles. The van der Waals surface area contributed by atoms with Crippen LogP contribution in [0.1, 0.15) is 32.2 Å². The van der Waals surface area contributed by atoms with Crippen LogP contribution in [-0.2, 0) is 4.74 Å². The summed E-state index contributed by atoms with van der Waals surface area (Å²) in [6.45, 7) is 3.79. The molecule has 2 rings (SSSR count). The van der Waals surface area contributed by atoms with Crippen molar-refractivity contribution in [1.29, 1.82) is 0 Å². The molecule has 6 heteroatoms. The standard InChI is InChI=1S/C13H18N2O3S/c1-18-13(17)11-5-4-10(19-11)12(16)14-6-9-15-7-2-3-8-15/h4-5H,2-3,6-9H2,1H3,(H,14,16). The highest BCUT2D eigenvalue weighted by atomic mass is 32.1. The Morgan fingerprint density at radius 3 is 2.68 bits per heavy atom. The number of methoxy groups -OCH3 is 1. The average Bonchev–Trinajstić information content (AvgIpc) is 3.08. The molecule has 104 valence electrons. The second-order valence-electron chi connectivity index (χ2n) is 4.46. The summed E-state index contributed by atoms with van der Waals surface area (Å²) in [5, 5.41) is 2.87. The summed E-state index contributed by atoms with van der Waals surface area (Å²) in [4.78, 5) is 26.5. The molecular formula is C13H18N2O3S. The number of carbonyl (C=O) groups is 2. The van der Waals surface area contributed by atoms with Crippen molar-refractivity contribution in [2.45, 2.75) is 12.8 Å². The molecule has 1 N–H and O–H groups in total. The van der Waals surface area contributed by atoms with Gasteiger partial charge in [-0.15, -0.1) is 11.3 Å². The summed E-state index contributed by atoms with van der Waals surface area (Å²) in [6.07, 6.45) is 2.50. The molecule has 1 aliphatic heterocycles. The highest BCUT2D eigenvalue weighted by Gasteiger charge is 2.15. The van der Waals surface area contributed by atoms with Crippen molar-refractivity contribution in [1.82, 2.24) is 10.2 Å². The van der Waals surface area contributed by atoms with E-state index >= 15 is 0 Å². The molecule has 1 aromatic heterocycles. The van der Waals surface area contributed by atoms with E-state index < -0.39 is 5.97 Å². The van der Waals surface area contributed by atoms with Gasteiger partial charge in [0.1, 0.15) is 4.88 Å². The fourth-order valence-corrected chi connectivity index (χ4v) is 2.93. The molecule has 0 saturated carbocycles. The van der Waals surface area contributed by atoms with Crippen LogP contribution >= 0.6 is 11.3 Å². The molecule has 2 heterocycles. The van der Waals surface area contributed by atoms with Crippen molar-refractivity contribution in [3.05, 3.63) is 21.9 Å². The first-order valence-electron chi connectivity index (χ1n) is 6.39. The van der Waals surface area contributed by atoms with Crippen LogP contribution in [0, 0.1) is 0 Å². The molecule has 5 nitrogen and oxygen atoms in total. The van der Waals surface area contributed by atoms with Crippen molar-refractivity contribution in [3.63, 3.8) is 0 Å². The SMILES string of the molecule is COC(=O)c1ccc(C(=O)NCCN2CCCC2)s1. The van der Waals surface area contributed by atoms with Crippen LogP contribution in [0.3, 0.4) is 0 Å². The average molecular weight is 282 g/mol. The maximum Gasteiger partial charge on any atom is 0.348 e. The molecule has 1 aromatic rings. The molecule has 0 aromatic carbocycles. The molecule has 1 amide bonds. The Balaban J connectivity index is 1.79. The number of ether oxygens (including phenoxy) is 1. The zero-order valence-corrected chi connectivity index (χ0v) is 11.8. The van der Waals surface area contributed by atoms with Gasteiger partial charge in [-0.25, -0.2) is 4.79 Å². The van der Waals surface area contributed by atoms with Gasteiger partial charge in [0, 0.05) is 13.1 Å². The first kappa shape index (κ1) is 14.0. The number of carbonyl (C=O) groups excluding carboxylic acids is 2. The summed E-state index contributed by atoms with van der Waals surface area (Å²) in [6, 6.07) is 3.27. The van der Waals surface area contributed by atoms with Gasteiger partial charge in [-0.1, -0.05) is 0 Å². The number of nitrogens with one attached hydrogen (secondary N) is 1. The predicted octanol–water partition coefficient (Wildman–Crippen LogP) is 1.36. The number of hydrogen-bond donors (Lipinski definition) is 1. The summed E-state index contributed by atoms with van der Waals surface area (Å²) in [7, 11) is 1.33. The zero-order chi connectivity index (χ0) is 13.7. The highest BCUT2D eigenvalue weighted by molar-refractivity contribution is 7.15. The summed E-state index contributed by atoms with van der Waals surface area (Å²) in [5.74, 6) is -0.527. The molecule has 1 fully saturated rings. The number of likely N-dealkylation sites (tertiary alicyclic amines) is 1. The van der Waals surface area contributed by atoms with Gasteiger partial charge in [0.15, 0.2) is 0 Å². The van der Waals surface area contributed by atoms with Crippen LogP contribution in [0.25, 0.3) is 0 Å². The van der Waals surface area contributed by atoms with Gasteiger partial charge in [0.05, 0.1) is 12.0 Å². The molecule has 0 spiro atoms. The van der Waals surface area contributed by atoms with Gasteiger partial charge in [-0.2, -0.15) is 0 Å². The summed E-state index contributed by atoms with van der Waals surface area (Å²) >= 11 is 1.16. The van der Waals surface area contributed by atoms with Gasteiger partial charge in [0.2, 0.25) is 0 Å². The van der Waals surface area contributed by atoms with E-state index in [9.17, 15) is 9.59 Å². The van der Waals surface area contributed by atoms with E-state index in [0.29, 0.717) is 16.3 Å². The third kappa shape index (κ3) is 3.78.